The van der Waals surface area contributed by atoms with Gasteiger partial charge in [0.05, 0.1) is 6.67 Å². The van der Waals surface area contributed by atoms with Gasteiger partial charge in [0.25, 0.3) is 5.92 Å². The van der Waals surface area contributed by atoms with Crippen LogP contribution in [-0.4, -0.2) is 53.5 Å². The van der Waals surface area contributed by atoms with E-state index in [1.807, 2.05) is 0 Å². The lowest BCUT2D eigenvalue weighted by molar-refractivity contribution is -0.494. The molecule has 15 heteroatoms. The van der Waals surface area contributed by atoms with E-state index in [0.29, 0.717) is 0 Å². The highest BCUT2D eigenvalue weighted by atomic mass is 19.4. The summed E-state index contributed by atoms with van der Waals surface area (Å²) in [5.41, 5.74) is -21.8. The lowest BCUT2D eigenvalue weighted by atomic mass is 9.60. The maximum atomic E-state index is 14.2. The molecule has 0 aromatic heterocycles. The van der Waals surface area contributed by atoms with Crippen molar-refractivity contribution in [3.8, 4) is 0 Å². The Morgan fingerprint density at radius 2 is 0.962 bits per heavy atom. The van der Waals surface area contributed by atoms with Crippen molar-refractivity contribution in [2.75, 3.05) is 6.67 Å². The van der Waals surface area contributed by atoms with Crippen LogP contribution in [0.15, 0.2) is 0 Å². The molecule has 0 nitrogen and oxygen atoms in total. The van der Waals surface area contributed by atoms with Crippen LogP contribution >= 0.6 is 0 Å². The first-order valence-electron chi connectivity index (χ1n) is 6.27. The van der Waals surface area contributed by atoms with Crippen molar-refractivity contribution >= 4 is 0 Å². The summed E-state index contributed by atoms with van der Waals surface area (Å²) in [6, 6.07) is 0. The predicted octanol–water partition coefficient (Wildman–Crippen LogP) is 5.61. The van der Waals surface area contributed by atoms with E-state index in [4.69, 9.17) is 0 Å². The first-order valence-corrected chi connectivity index (χ1v) is 6.27. The summed E-state index contributed by atoms with van der Waals surface area (Å²) in [6.45, 7) is -3.96. The summed E-state index contributed by atoms with van der Waals surface area (Å²) < 4.78 is 201. The van der Waals surface area contributed by atoms with Gasteiger partial charge in [0, 0.05) is 6.42 Å². The first-order chi connectivity index (χ1) is 11.1. The molecular formula is C11H7F15. The summed E-state index contributed by atoms with van der Waals surface area (Å²) in [5.74, 6) is -29.2. The minimum Gasteiger partial charge on any atom is -0.251 e. The lowest BCUT2D eigenvalue weighted by Gasteiger charge is -2.58. The molecule has 1 aliphatic carbocycles. The average Bonchev–Trinajstić information content (AvgIpc) is 2.41. The van der Waals surface area contributed by atoms with Crippen molar-refractivity contribution in [3.05, 3.63) is 0 Å². The highest BCUT2D eigenvalue weighted by molar-refractivity contribution is 5.35. The van der Waals surface area contributed by atoms with E-state index in [9.17, 15) is 65.9 Å². The molecule has 0 bridgehead atoms. The molecule has 0 radical (unpaired) electrons. The van der Waals surface area contributed by atoms with E-state index < -0.39 is 66.9 Å². The number of alkyl halides is 15. The molecule has 3 unspecified atom stereocenters. The van der Waals surface area contributed by atoms with Crippen LogP contribution in [0.2, 0.25) is 0 Å². The fourth-order valence-corrected chi connectivity index (χ4v) is 2.58. The van der Waals surface area contributed by atoms with Gasteiger partial charge in [-0.2, -0.15) is 39.5 Å². The van der Waals surface area contributed by atoms with Gasteiger partial charge in [-0.05, 0) is 6.92 Å². The van der Waals surface area contributed by atoms with Crippen LogP contribution in [0.4, 0.5) is 65.9 Å². The van der Waals surface area contributed by atoms with Crippen molar-refractivity contribution in [2.45, 2.75) is 60.2 Å². The molecule has 1 aliphatic rings. The van der Waals surface area contributed by atoms with Crippen LogP contribution in [0.25, 0.3) is 0 Å². The second kappa shape index (κ2) is 5.26. The fourth-order valence-electron chi connectivity index (χ4n) is 2.58. The van der Waals surface area contributed by atoms with Crippen LogP contribution in [0, 0.1) is 0 Å². The smallest absolute Gasteiger partial charge is 0.251 e. The molecule has 0 amide bonds. The summed E-state index contributed by atoms with van der Waals surface area (Å²) in [7, 11) is 0. The maximum absolute atomic E-state index is 14.2. The molecule has 0 N–H and O–H groups in total. The molecule has 0 saturated heterocycles. The van der Waals surface area contributed by atoms with Crippen LogP contribution < -0.4 is 0 Å². The van der Waals surface area contributed by atoms with Crippen molar-refractivity contribution in [1.29, 1.82) is 0 Å². The molecule has 0 aromatic carbocycles. The van der Waals surface area contributed by atoms with E-state index in [0.717, 1.165) is 0 Å². The second-order valence-corrected chi connectivity index (χ2v) is 5.68. The number of halogens is 15. The molecule has 1 rings (SSSR count). The van der Waals surface area contributed by atoms with Gasteiger partial charge >= 0.3 is 35.3 Å². The number of hydrogen-bond donors (Lipinski definition) is 0. The van der Waals surface area contributed by atoms with Crippen molar-refractivity contribution in [2.24, 2.45) is 0 Å². The molecule has 156 valence electrons. The summed E-state index contributed by atoms with van der Waals surface area (Å²) in [6.07, 6.45) is -10.7. The van der Waals surface area contributed by atoms with Crippen molar-refractivity contribution in [3.63, 3.8) is 0 Å². The van der Waals surface area contributed by atoms with Gasteiger partial charge in [0.1, 0.15) is 0 Å². The number of hydrogen-bond acceptors (Lipinski definition) is 0. The molecule has 0 aromatic rings. The van der Waals surface area contributed by atoms with E-state index in [-0.39, 0.29) is 0 Å². The Morgan fingerprint density at radius 3 is 1.27 bits per heavy atom. The SMILES string of the molecule is CC1(F)C(F)(F)C(F)(C(F)(F)F)C(F)(F)C(F)(C(F)(F)CCF)C1(F)F. The monoisotopic (exact) mass is 424 g/mol. The normalized spacial score (nSPS) is 39.7. The maximum Gasteiger partial charge on any atom is 0.434 e. The van der Waals surface area contributed by atoms with Gasteiger partial charge in [-0.25, -0.2) is 22.0 Å². The van der Waals surface area contributed by atoms with E-state index in [1.54, 1.807) is 0 Å². The minimum absolute atomic E-state index is 1.35. The minimum atomic E-state index is -7.94. The molecule has 3 atom stereocenters. The topological polar surface area (TPSA) is 0 Å². The number of rotatable bonds is 3. The third-order valence-corrected chi connectivity index (χ3v) is 4.21. The third kappa shape index (κ3) is 1.97. The highest BCUT2D eigenvalue weighted by Gasteiger charge is 3.05. The van der Waals surface area contributed by atoms with Gasteiger partial charge in [0.2, 0.25) is 5.67 Å². The van der Waals surface area contributed by atoms with Gasteiger partial charge < -0.3 is 0 Å². The molecule has 26 heavy (non-hydrogen) atoms. The van der Waals surface area contributed by atoms with Crippen LogP contribution in [0.1, 0.15) is 13.3 Å². The van der Waals surface area contributed by atoms with E-state index in [2.05, 4.69) is 0 Å². The van der Waals surface area contributed by atoms with Gasteiger partial charge in [-0.1, -0.05) is 0 Å². The molecule has 0 aliphatic heterocycles. The zero-order valence-electron chi connectivity index (χ0n) is 12.1. The van der Waals surface area contributed by atoms with Gasteiger partial charge in [-0.3, -0.25) is 4.39 Å². The summed E-state index contributed by atoms with van der Waals surface area (Å²) in [4.78, 5) is 0. The Hall–Kier alpha value is -1.05. The quantitative estimate of drug-likeness (QED) is 0.517. The Balaban J connectivity index is 4.12. The predicted molar refractivity (Wildman–Crippen MR) is 53.6 cm³/mol. The molecule has 1 fully saturated rings. The Labute approximate surface area is 134 Å². The van der Waals surface area contributed by atoms with Gasteiger partial charge in [-0.15, -0.1) is 0 Å². The van der Waals surface area contributed by atoms with E-state index in [1.165, 1.54) is 0 Å². The van der Waals surface area contributed by atoms with Crippen LogP contribution in [0.5, 0.6) is 0 Å². The lowest BCUT2D eigenvalue weighted by Crippen LogP contribution is -2.90. The average molecular weight is 424 g/mol. The third-order valence-electron chi connectivity index (χ3n) is 4.21. The van der Waals surface area contributed by atoms with Gasteiger partial charge in [0.15, 0.2) is 0 Å². The van der Waals surface area contributed by atoms with Crippen LogP contribution in [0.3, 0.4) is 0 Å². The Bertz CT molecular complexity index is 560. The Morgan fingerprint density at radius 1 is 0.615 bits per heavy atom. The standard InChI is InChI=1S/C11H7F15/c1-4(13)8(18,19)6(16,5(14,15)2-3-12)10(22,23)7(17,9(4,20)21)11(24,25)26/h2-3H2,1H3. The zero-order chi connectivity index (χ0) is 21.4. The fraction of sp³-hybridized carbons (Fsp3) is 1.00. The second-order valence-electron chi connectivity index (χ2n) is 5.68. The highest BCUT2D eigenvalue weighted by Crippen LogP contribution is 2.74. The summed E-state index contributed by atoms with van der Waals surface area (Å²) in [5, 5.41) is 0. The molecular weight excluding hydrogens is 417 g/mol. The summed E-state index contributed by atoms with van der Waals surface area (Å²) >= 11 is 0. The molecule has 0 heterocycles. The Kier molecular flexibility index (Phi) is 4.66. The first kappa shape index (κ1) is 23.0. The zero-order valence-corrected chi connectivity index (χ0v) is 12.1. The largest absolute Gasteiger partial charge is 0.434 e. The van der Waals surface area contributed by atoms with Crippen molar-refractivity contribution in [1.82, 2.24) is 0 Å². The molecule has 0 spiro atoms. The van der Waals surface area contributed by atoms with E-state index >= 15 is 0 Å². The van der Waals surface area contributed by atoms with Crippen LogP contribution in [-0.2, 0) is 0 Å². The van der Waals surface area contributed by atoms with Crippen molar-refractivity contribution < 1.29 is 65.9 Å². The molecule has 1 saturated carbocycles.